The van der Waals surface area contributed by atoms with E-state index in [1.54, 1.807) is 12.1 Å². The fourth-order valence-electron chi connectivity index (χ4n) is 3.20. The third-order valence-electron chi connectivity index (χ3n) is 4.64. The summed E-state index contributed by atoms with van der Waals surface area (Å²) in [6, 6.07) is 13.5. The number of morpholine rings is 1. The highest BCUT2D eigenvalue weighted by atomic mass is 19.1. The molecule has 4 rings (SSSR count). The molecule has 1 atom stereocenters. The van der Waals surface area contributed by atoms with Gasteiger partial charge < -0.3 is 20.9 Å². The molecule has 0 radical (unpaired) electrons. The average molecular weight is 380 g/mol. The minimum Gasteiger partial charge on any atom is -0.399 e. The van der Waals surface area contributed by atoms with Crippen molar-refractivity contribution in [3.63, 3.8) is 0 Å². The van der Waals surface area contributed by atoms with Crippen LogP contribution in [0.15, 0.2) is 48.5 Å². The molecule has 6 nitrogen and oxygen atoms in total. The molecule has 0 spiro atoms. The molecule has 28 heavy (non-hydrogen) atoms. The molecule has 0 saturated carbocycles. The number of anilines is 1. The van der Waals surface area contributed by atoms with Crippen LogP contribution >= 0.6 is 0 Å². The van der Waals surface area contributed by atoms with Crippen molar-refractivity contribution in [1.82, 2.24) is 15.3 Å². The molecule has 144 valence electrons. The summed E-state index contributed by atoms with van der Waals surface area (Å²) in [6.45, 7) is 1.89. The van der Waals surface area contributed by atoms with Gasteiger partial charge in [-0.15, -0.1) is 0 Å². The predicted octanol–water partition coefficient (Wildman–Crippen LogP) is 2.69. The van der Waals surface area contributed by atoms with Crippen molar-refractivity contribution in [3.05, 3.63) is 65.6 Å². The van der Waals surface area contributed by atoms with E-state index in [9.17, 15) is 9.50 Å². The van der Waals surface area contributed by atoms with Crippen LogP contribution < -0.4 is 11.1 Å². The predicted molar refractivity (Wildman–Crippen MR) is 105 cm³/mol. The number of rotatable bonds is 4. The number of nitrogen functional groups attached to an aromatic ring is 1. The van der Waals surface area contributed by atoms with Crippen molar-refractivity contribution >= 4 is 5.69 Å². The van der Waals surface area contributed by atoms with Gasteiger partial charge in [-0.3, -0.25) is 0 Å². The summed E-state index contributed by atoms with van der Waals surface area (Å²) in [5.41, 5.74) is 9.22. The normalized spacial score (nSPS) is 16.9. The second-order valence-corrected chi connectivity index (χ2v) is 6.66. The lowest BCUT2D eigenvalue weighted by molar-refractivity contribution is 0.0250. The van der Waals surface area contributed by atoms with E-state index in [0.29, 0.717) is 41.6 Å². The summed E-state index contributed by atoms with van der Waals surface area (Å²) >= 11 is 0. The minimum atomic E-state index is -0.406. The molecule has 1 unspecified atom stereocenters. The lowest BCUT2D eigenvalue weighted by atomic mass is 10.1. The summed E-state index contributed by atoms with van der Waals surface area (Å²) in [4.78, 5) is 9.25. The van der Waals surface area contributed by atoms with Crippen molar-refractivity contribution in [1.29, 1.82) is 0 Å². The monoisotopic (exact) mass is 380 g/mol. The number of nitrogens with two attached hydrogens (primary N) is 1. The Balaban J connectivity index is 1.86. The van der Waals surface area contributed by atoms with E-state index < -0.39 is 5.82 Å². The number of ether oxygens (including phenoxy) is 1. The lowest BCUT2D eigenvalue weighted by Gasteiger charge is -2.24. The van der Waals surface area contributed by atoms with Crippen LogP contribution in [0, 0.1) is 5.82 Å². The molecule has 4 N–H and O–H groups in total. The Kier molecular flexibility index (Phi) is 5.29. The van der Waals surface area contributed by atoms with Gasteiger partial charge >= 0.3 is 0 Å². The van der Waals surface area contributed by atoms with Gasteiger partial charge in [0.2, 0.25) is 0 Å². The van der Waals surface area contributed by atoms with E-state index in [4.69, 9.17) is 10.5 Å². The molecule has 0 aliphatic carbocycles. The van der Waals surface area contributed by atoms with Crippen LogP contribution in [0.3, 0.4) is 0 Å². The fourth-order valence-corrected chi connectivity index (χ4v) is 3.20. The molecule has 3 aromatic rings. The maximum Gasteiger partial charge on any atom is 0.160 e. The third-order valence-corrected chi connectivity index (χ3v) is 4.64. The summed E-state index contributed by atoms with van der Waals surface area (Å²) < 4.78 is 20.3. The highest BCUT2D eigenvalue weighted by Crippen LogP contribution is 2.29. The zero-order valence-corrected chi connectivity index (χ0v) is 15.2. The quantitative estimate of drug-likeness (QED) is 0.603. The van der Waals surface area contributed by atoms with Gasteiger partial charge in [-0.1, -0.05) is 18.2 Å². The van der Waals surface area contributed by atoms with Gasteiger partial charge in [-0.25, -0.2) is 14.4 Å². The lowest BCUT2D eigenvalue weighted by Crippen LogP contribution is -2.33. The van der Waals surface area contributed by atoms with E-state index in [0.717, 1.165) is 17.7 Å². The van der Waals surface area contributed by atoms with Crippen molar-refractivity contribution < 1.29 is 14.2 Å². The third kappa shape index (κ3) is 3.87. The van der Waals surface area contributed by atoms with Crippen LogP contribution in [-0.4, -0.2) is 34.8 Å². The molecule has 1 aliphatic rings. The van der Waals surface area contributed by atoms with Gasteiger partial charge in [-0.2, -0.15) is 0 Å². The zero-order valence-electron chi connectivity index (χ0n) is 15.2. The Morgan fingerprint density at radius 3 is 2.86 bits per heavy atom. The highest BCUT2D eigenvalue weighted by molar-refractivity contribution is 5.68. The van der Waals surface area contributed by atoms with Crippen LogP contribution in [-0.2, 0) is 11.3 Å². The highest BCUT2D eigenvalue weighted by Gasteiger charge is 2.21. The van der Waals surface area contributed by atoms with Gasteiger partial charge in [0.15, 0.2) is 5.82 Å². The fraction of sp³-hybridized carbons (Fsp3) is 0.238. The van der Waals surface area contributed by atoms with Gasteiger partial charge in [0.05, 0.1) is 24.6 Å². The summed E-state index contributed by atoms with van der Waals surface area (Å²) in [6.07, 6.45) is -0.251. The van der Waals surface area contributed by atoms with Gasteiger partial charge in [0.25, 0.3) is 0 Å². The summed E-state index contributed by atoms with van der Waals surface area (Å²) in [7, 11) is 0. The molecular weight excluding hydrogens is 359 g/mol. The second kappa shape index (κ2) is 8.02. The molecule has 7 heteroatoms. The van der Waals surface area contributed by atoms with Crippen molar-refractivity contribution in [2.24, 2.45) is 0 Å². The number of nitrogens with one attached hydrogen (secondary N) is 1. The number of aromatic nitrogens is 2. The Bertz CT molecular complexity index is 990. The van der Waals surface area contributed by atoms with Crippen LogP contribution in [0.4, 0.5) is 10.1 Å². The first-order valence-electron chi connectivity index (χ1n) is 9.11. The summed E-state index contributed by atoms with van der Waals surface area (Å²) in [5, 5.41) is 12.7. The molecular formula is C21H21FN4O2. The Morgan fingerprint density at radius 1 is 1.18 bits per heavy atom. The SMILES string of the molecule is Nc1ccc(F)c(-c2cc(C3CNCCO3)nc(-c3cccc(CO)c3)n2)c1. The molecule has 1 fully saturated rings. The number of hydrogen-bond acceptors (Lipinski definition) is 6. The van der Waals surface area contributed by atoms with E-state index >= 15 is 0 Å². The number of hydrogen-bond donors (Lipinski definition) is 3. The molecule has 0 amide bonds. The first-order valence-corrected chi connectivity index (χ1v) is 9.11. The standard InChI is InChI=1S/C21H21FN4O2/c22-17-5-4-15(23)9-16(17)18-10-19(20-11-24-6-7-28-20)26-21(25-18)14-3-1-2-13(8-14)12-27/h1-5,8-10,20,24,27H,6-7,11-12,23H2. The zero-order chi connectivity index (χ0) is 19.5. The van der Waals surface area contributed by atoms with E-state index in [1.165, 1.54) is 12.1 Å². The Hall–Kier alpha value is -2.87. The molecule has 1 aromatic heterocycles. The number of aliphatic hydroxyl groups is 1. The molecule has 2 heterocycles. The van der Waals surface area contributed by atoms with Gasteiger partial charge in [0.1, 0.15) is 11.9 Å². The van der Waals surface area contributed by atoms with E-state index in [-0.39, 0.29) is 12.7 Å². The van der Waals surface area contributed by atoms with Crippen LogP contribution in [0.2, 0.25) is 0 Å². The minimum absolute atomic E-state index is 0.0834. The van der Waals surface area contributed by atoms with Gasteiger partial charge in [0, 0.05) is 29.9 Å². The second-order valence-electron chi connectivity index (χ2n) is 6.66. The van der Waals surface area contributed by atoms with Crippen LogP contribution in [0.25, 0.3) is 22.6 Å². The molecule has 2 aromatic carbocycles. The van der Waals surface area contributed by atoms with Crippen molar-refractivity contribution in [2.75, 3.05) is 25.4 Å². The van der Waals surface area contributed by atoms with Crippen LogP contribution in [0.5, 0.6) is 0 Å². The average Bonchev–Trinajstić information content (AvgIpc) is 2.75. The first-order chi connectivity index (χ1) is 13.6. The van der Waals surface area contributed by atoms with Crippen LogP contribution in [0.1, 0.15) is 17.4 Å². The largest absolute Gasteiger partial charge is 0.399 e. The maximum absolute atomic E-state index is 14.5. The number of halogens is 1. The Labute approximate surface area is 162 Å². The molecule has 0 bridgehead atoms. The maximum atomic E-state index is 14.5. The van der Waals surface area contributed by atoms with Crippen molar-refractivity contribution in [3.8, 4) is 22.6 Å². The topological polar surface area (TPSA) is 93.3 Å². The number of aliphatic hydroxyl groups excluding tert-OH is 1. The smallest absolute Gasteiger partial charge is 0.160 e. The van der Waals surface area contributed by atoms with Crippen molar-refractivity contribution in [2.45, 2.75) is 12.7 Å². The first kappa shape index (κ1) is 18.5. The molecule has 1 saturated heterocycles. The van der Waals surface area contributed by atoms with E-state index in [2.05, 4.69) is 15.3 Å². The number of nitrogens with zero attached hydrogens (tertiary/aromatic N) is 2. The summed E-state index contributed by atoms with van der Waals surface area (Å²) in [5.74, 6) is 0.0374. The Morgan fingerprint density at radius 2 is 2.07 bits per heavy atom. The van der Waals surface area contributed by atoms with Gasteiger partial charge in [-0.05, 0) is 35.9 Å². The van der Waals surface area contributed by atoms with E-state index in [1.807, 2.05) is 24.3 Å². The number of benzene rings is 2. The molecule has 1 aliphatic heterocycles.